The van der Waals surface area contributed by atoms with Crippen molar-refractivity contribution in [3.63, 3.8) is 0 Å². The van der Waals surface area contributed by atoms with Gasteiger partial charge in [0.1, 0.15) is 0 Å². The molecular formula is C15H17IN2O3. The first-order chi connectivity index (χ1) is 10.1. The molecule has 0 atom stereocenters. The zero-order valence-electron chi connectivity index (χ0n) is 11.5. The Labute approximate surface area is 136 Å². The second-order valence-corrected chi connectivity index (χ2v) is 7.13. The summed E-state index contributed by atoms with van der Waals surface area (Å²) >= 11 is 2.04. The van der Waals surface area contributed by atoms with E-state index in [2.05, 4.69) is 5.32 Å². The van der Waals surface area contributed by atoms with Crippen molar-refractivity contribution in [1.82, 2.24) is 5.32 Å². The van der Waals surface area contributed by atoms with Gasteiger partial charge < -0.3 is 5.32 Å². The molecule has 0 radical (unpaired) electrons. The molecule has 1 N–H and O–H groups in total. The average molecular weight is 400 g/mol. The van der Waals surface area contributed by atoms with Gasteiger partial charge in [-0.25, -0.2) is 0 Å². The molecule has 2 aliphatic rings. The monoisotopic (exact) mass is 400 g/mol. The van der Waals surface area contributed by atoms with Gasteiger partial charge in [-0.1, -0.05) is 0 Å². The van der Waals surface area contributed by atoms with E-state index in [0.29, 0.717) is 18.0 Å². The van der Waals surface area contributed by atoms with Crippen molar-refractivity contribution in [1.29, 1.82) is 0 Å². The third kappa shape index (κ3) is 3.53. The molecule has 2 saturated carbocycles. The summed E-state index contributed by atoms with van der Waals surface area (Å²) in [4.78, 5) is 22.6. The SMILES string of the molecule is O=C(NCC(C1CC1)C1CC1)c1cc([N+](=O)[O-])ccc1I. The highest BCUT2D eigenvalue weighted by Crippen LogP contribution is 2.48. The highest BCUT2D eigenvalue weighted by molar-refractivity contribution is 14.1. The van der Waals surface area contributed by atoms with E-state index in [1.807, 2.05) is 22.6 Å². The maximum atomic E-state index is 12.3. The van der Waals surface area contributed by atoms with E-state index in [1.54, 1.807) is 6.07 Å². The number of non-ortho nitro benzene ring substituents is 1. The van der Waals surface area contributed by atoms with Gasteiger partial charge in [0.15, 0.2) is 0 Å². The van der Waals surface area contributed by atoms with Crippen LogP contribution in [0.1, 0.15) is 36.0 Å². The minimum Gasteiger partial charge on any atom is -0.352 e. The van der Waals surface area contributed by atoms with Crippen LogP contribution in [0.2, 0.25) is 0 Å². The van der Waals surface area contributed by atoms with Gasteiger partial charge in [-0.3, -0.25) is 14.9 Å². The number of nitro groups is 1. The maximum Gasteiger partial charge on any atom is 0.270 e. The van der Waals surface area contributed by atoms with Gasteiger partial charge in [-0.05, 0) is 72.1 Å². The minimum atomic E-state index is -0.468. The third-order valence-corrected chi connectivity index (χ3v) is 5.30. The standard InChI is InChI=1S/C15H17IN2O3/c16-14-6-5-11(18(20)21)7-12(14)15(19)17-8-13(9-1-2-9)10-3-4-10/h5-7,9-10,13H,1-4,8H2,(H,17,19). The number of carbonyl (C=O) groups is 1. The number of hydrogen-bond donors (Lipinski definition) is 1. The van der Waals surface area contributed by atoms with Crippen molar-refractivity contribution in [2.45, 2.75) is 25.7 Å². The Morgan fingerprint density at radius 3 is 2.48 bits per heavy atom. The molecule has 1 amide bonds. The van der Waals surface area contributed by atoms with E-state index in [4.69, 9.17) is 0 Å². The summed E-state index contributed by atoms with van der Waals surface area (Å²) in [6.45, 7) is 0.701. The molecular weight excluding hydrogens is 383 g/mol. The molecule has 5 nitrogen and oxygen atoms in total. The van der Waals surface area contributed by atoms with Crippen LogP contribution in [0, 0.1) is 31.4 Å². The fourth-order valence-corrected chi connectivity index (χ4v) is 3.45. The highest BCUT2D eigenvalue weighted by atomic mass is 127. The van der Waals surface area contributed by atoms with E-state index in [1.165, 1.54) is 37.8 Å². The summed E-state index contributed by atoms with van der Waals surface area (Å²) in [7, 11) is 0. The van der Waals surface area contributed by atoms with E-state index in [-0.39, 0.29) is 11.6 Å². The average Bonchev–Trinajstić information content (AvgIpc) is 3.32. The van der Waals surface area contributed by atoms with Crippen LogP contribution in [0.25, 0.3) is 0 Å². The highest BCUT2D eigenvalue weighted by Gasteiger charge is 2.41. The molecule has 0 aliphatic heterocycles. The molecule has 0 unspecified atom stereocenters. The molecule has 1 aromatic rings. The number of halogens is 1. The number of nitrogens with one attached hydrogen (secondary N) is 1. The van der Waals surface area contributed by atoms with Gasteiger partial charge in [0.25, 0.3) is 11.6 Å². The van der Waals surface area contributed by atoms with Crippen LogP contribution < -0.4 is 5.32 Å². The zero-order valence-corrected chi connectivity index (χ0v) is 13.7. The summed E-state index contributed by atoms with van der Waals surface area (Å²) in [5.74, 6) is 1.96. The Balaban J connectivity index is 1.66. The lowest BCUT2D eigenvalue weighted by atomic mass is 9.98. The Hall–Kier alpha value is -1.18. The van der Waals surface area contributed by atoms with Crippen molar-refractivity contribution in [3.05, 3.63) is 37.4 Å². The van der Waals surface area contributed by atoms with E-state index < -0.39 is 4.92 Å². The number of nitrogens with zero attached hydrogens (tertiary/aromatic N) is 1. The predicted molar refractivity (Wildman–Crippen MR) is 87.1 cm³/mol. The van der Waals surface area contributed by atoms with Crippen LogP contribution in [0.3, 0.4) is 0 Å². The number of carbonyl (C=O) groups excluding carboxylic acids is 1. The molecule has 0 spiro atoms. The van der Waals surface area contributed by atoms with Gasteiger partial charge >= 0.3 is 0 Å². The van der Waals surface area contributed by atoms with Crippen LogP contribution >= 0.6 is 22.6 Å². The third-order valence-electron chi connectivity index (χ3n) is 4.36. The van der Waals surface area contributed by atoms with Crippen LogP contribution in [-0.2, 0) is 0 Å². The fraction of sp³-hybridized carbons (Fsp3) is 0.533. The Bertz CT molecular complexity index is 570. The molecule has 0 bridgehead atoms. The number of benzene rings is 1. The van der Waals surface area contributed by atoms with Gasteiger partial charge in [-0.15, -0.1) is 0 Å². The molecule has 21 heavy (non-hydrogen) atoms. The van der Waals surface area contributed by atoms with Crippen LogP contribution in [-0.4, -0.2) is 17.4 Å². The van der Waals surface area contributed by atoms with Crippen LogP contribution in [0.4, 0.5) is 5.69 Å². The summed E-state index contributed by atoms with van der Waals surface area (Å²) < 4.78 is 0.741. The number of nitro benzene ring substituents is 1. The number of amides is 1. The molecule has 2 aliphatic carbocycles. The molecule has 3 rings (SSSR count). The summed E-state index contributed by atoms with van der Waals surface area (Å²) in [5.41, 5.74) is 0.358. The Morgan fingerprint density at radius 1 is 1.33 bits per heavy atom. The first-order valence-electron chi connectivity index (χ1n) is 7.28. The summed E-state index contributed by atoms with van der Waals surface area (Å²) in [6.07, 6.45) is 5.13. The van der Waals surface area contributed by atoms with Crippen molar-refractivity contribution in [3.8, 4) is 0 Å². The van der Waals surface area contributed by atoms with Crippen LogP contribution in [0.15, 0.2) is 18.2 Å². The molecule has 2 fully saturated rings. The number of rotatable bonds is 6. The number of hydrogen-bond acceptors (Lipinski definition) is 3. The lowest BCUT2D eigenvalue weighted by molar-refractivity contribution is -0.384. The topological polar surface area (TPSA) is 72.2 Å². The van der Waals surface area contributed by atoms with Gasteiger partial charge in [0, 0.05) is 22.2 Å². The quantitative estimate of drug-likeness (QED) is 0.452. The lowest BCUT2D eigenvalue weighted by Crippen LogP contribution is -2.31. The maximum absolute atomic E-state index is 12.3. The van der Waals surface area contributed by atoms with Gasteiger partial charge in [-0.2, -0.15) is 0 Å². The molecule has 1 aromatic carbocycles. The van der Waals surface area contributed by atoms with Crippen molar-refractivity contribution < 1.29 is 9.72 Å². The Morgan fingerprint density at radius 2 is 1.95 bits per heavy atom. The second kappa shape index (κ2) is 5.90. The first kappa shape index (κ1) is 14.7. The van der Waals surface area contributed by atoms with Gasteiger partial charge in [0.05, 0.1) is 10.5 Å². The molecule has 0 saturated heterocycles. The van der Waals surface area contributed by atoms with E-state index in [9.17, 15) is 14.9 Å². The second-order valence-electron chi connectivity index (χ2n) is 5.97. The summed E-state index contributed by atoms with van der Waals surface area (Å²) in [5, 5.41) is 13.8. The summed E-state index contributed by atoms with van der Waals surface area (Å²) in [6, 6.07) is 4.41. The van der Waals surface area contributed by atoms with Crippen molar-refractivity contribution in [2.75, 3.05) is 6.54 Å². The van der Waals surface area contributed by atoms with E-state index >= 15 is 0 Å². The largest absolute Gasteiger partial charge is 0.352 e. The molecule has 0 aromatic heterocycles. The molecule has 6 heteroatoms. The predicted octanol–water partition coefficient (Wildman–Crippen LogP) is 3.37. The Kier molecular flexibility index (Phi) is 4.14. The minimum absolute atomic E-state index is 0.0403. The normalized spacial score (nSPS) is 17.8. The van der Waals surface area contributed by atoms with Crippen LogP contribution in [0.5, 0.6) is 0 Å². The zero-order chi connectivity index (χ0) is 15.0. The molecule has 112 valence electrons. The van der Waals surface area contributed by atoms with Gasteiger partial charge in [0.2, 0.25) is 0 Å². The van der Waals surface area contributed by atoms with Crippen molar-refractivity contribution in [2.24, 2.45) is 17.8 Å². The van der Waals surface area contributed by atoms with Crippen molar-refractivity contribution >= 4 is 34.2 Å². The lowest BCUT2D eigenvalue weighted by Gasteiger charge is -2.16. The smallest absolute Gasteiger partial charge is 0.270 e. The van der Waals surface area contributed by atoms with E-state index in [0.717, 1.165) is 15.4 Å². The fourth-order valence-electron chi connectivity index (χ4n) is 2.87. The first-order valence-corrected chi connectivity index (χ1v) is 8.36. The molecule has 0 heterocycles.